The zero-order chi connectivity index (χ0) is 15.7. The molecule has 8 heteroatoms. The summed E-state index contributed by atoms with van der Waals surface area (Å²) in [6.07, 6.45) is 5.53. The second kappa shape index (κ2) is 6.32. The maximum Gasteiger partial charge on any atom is 0.191 e. The van der Waals surface area contributed by atoms with Crippen LogP contribution in [0.2, 0.25) is 10.0 Å². The molecule has 0 aliphatic rings. The average Bonchev–Trinajstić information content (AvgIpc) is 3.02. The lowest BCUT2D eigenvalue weighted by molar-refractivity contribution is 0.703. The van der Waals surface area contributed by atoms with Crippen LogP contribution >= 0.6 is 35.0 Å². The van der Waals surface area contributed by atoms with Crippen LogP contribution in [-0.4, -0.2) is 24.1 Å². The summed E-state index contributed by atoms with van der Waals surface area (Å²) < 4.78 is 3.84. The SMILES string of the molecule is C=CCn1c(C)nnc1SCc1cn2cc(Cl)cc(Cl)c2n1. The lowest BCUT2D eigenvalue weighted by Gasteiger charge is -2.03. The minimum atomic E-state index is 0.536. The molecule has 0 atom stereocenters. The molecule has 0 fully saturated rings. The van der Waals surface area contributed by atoms with Gasteiger partial charge in [-0.1, -0.05) is 41.0 Å². The van der Waals surface area contributed by atoms with Crippen molar-refractivity contribution >= 4 is 40.6 Å². The van der Waals surface area contributed by atoms with Crippen molar-refractivity contribution < 1.29 is 0 Å². The van der Waals surface area contributed by atoms with Gasteiger partial charge in [0.15, 0.2) is 10.8 Å². The molecule has 0 saturated heterocycles. The summed E-state index contributed by atoms with van der Waals surface area (Å²) in [4.78, 5) is 4.52. The van der Waals surface area contributed by atoms with Gasteiger partial charge in [0, 0.05) is 24.7 Å². The lowest BCUT2D eigenvalue weighted by atomic mass is 10.5. The lowest BCUT2D eigenvalue weighted by Crippen LogP contribution is -2.00. The fourth-order valence-electron chi connectivity index (χ4n) is 2.09. The number of fused-ring (bicyclic) bond motifs is 1. The highest BCUT2D eigenvalue weighted by Crippen LogP contribution is 2.25. The molecule has 0 radical (unpaired) electrons. The van der Waals surface area contributed by atoms with Crippen LogP contribution in [0.15, 0.2) is 36.3 Å². The van der Waals surface area contributed by atoms with Crippen LogP contribution in [0.3, 0.4) is 0 Å². The number of aryl methyl sites for hydroxylation is 1. The van der Waals surface area contributed by atoms with E-state index in [0.29, 0.717) is 28.0 Å². The van der Waals surface area contributed by atoms with E-state index in [-0.39, 0.29) is 0 Å². The Hall–Kier alpha value is -1.50. The fraction of sp³-hybridized carbons (Fsp3) is 0.214. The van der Waals surface area contributed by atoms with Crippen molar-refractivity contribution in [3.63, 3.8) is 0 Å². The first-order valence-corrected chi connectivity index (χ1v) is 8.28. The summed E-state index contributed by atoms with van der Waals surface area (Å²) in [5.74, 6) is 1.54. The maximum absolute atomic E-state index is 6.15. The molecule has 0 N–H and O–H groups in total. The Bertz CT molecular complexity index is 839. The number of hydrogen-bond acceptors (Lipinski definition) is 4. The van der Waals surface area contributed by atoms with Gasteiger partial charge < -0.3 is 8.97 Å². The highest BCUT2D eigenvalue weighted by atomic mass is 35.5. The van der Waals surface area contributed by atoms with Crippen molar-refractivity contribution in [3.05, 3.63) is 52.7 Å². The van der Waals surface area contributed by atoms with Crippen molar-refractivity contribution in [2.24, 2.45) is 0 Å². The zero-order valence-corrected chi connectivity index (χ0v) is 14.2. The molecule has 3 heterocycles. The number of nitrogens with zero attached hydrogens (tertiary/aromatic N) is 5. The first kappa shape index (κ1) is 15.4. The number of aromatic nitrogens is 5. The van der Waals surface area contributed by atoms with Crippen LogP contribution < -0.4 is 0 Å². The number of allylic oxidation sites excluding steroid dienone is 1. The van der Waals surface area contributed by atoms with E-state index in [9.17, 15) is 0 Å². The van der Waals surface area contributed by atoms with Gasteiger partial charge in [0.05, 0.1) is 15.7 Å². The summed E-state index contributed by atoms with van der Waals surface area (Å²) in [5.41, 5.74) is 1.60. The van der Waals surface area contributed by atoms with Crippen LogP contribution in [-0.2, 0) is 12.3 Å². The molecule has 0 aromatic carbocycles. The van der Waals surface area contributed by atoms with Gasteiger partial charge in [0.25, 0.3) is 0 Å². The van der Waals surface area contributed by atoms with Gasteiger partial charge in [-0.3, -0.25) is 0 Å². The third kappa shape index (κ3) is 2.99. The molecule has 0 unspecified atom stereocenters. The van der Waals surface area contributed by atoms with Crippen LogP contribution in [0.25, 0.3) is 5.65 Å². The maximum atomic E-state index is 6.15. The second-order valence-electron chi connectivity index (χ2n) is 4.69. The van der Waals surface area contributed by atoms with E-state index >= 15 is 0 Å². The first-order valence-electron chi connectivity index (χ1n) is 6.54. The van der Waals surface area contributed by atoms with Gasteiger partial charge in [-0.05, 0) is 13.0 Å². The van der Waals surface area contributed by atoms with Crippen molar-refractivity contribution in [1.82, 2.24) is 24.1 Å². The number of halogens is 2. The van der Waals surface area contributed by atoms with Gasteiger partial charge in [-0.15, -0.1) is 16.8 Å². The van der Waals surface area contributed by atoms with E-state index in [0.717, 1.165) is 16.7 Å². The molecule has 114 valence electrons. The minimum absolute atomic E-state index is 0.536. The second-order valence-corrected chi connectivity index (χ2v) is 6.47. The number of hydrogen-bond donors (Lipinski definition) is 0. The molecule has 0 spiro atoms. The summed E-state index contributed by atoms with van der Waals surface area (Å²) >= 11 is 13.7. The summed E-state index contributed by atoms with van der Waals surface area (Å²) in [5, 5.41) is 10.2. The molecule has 5 nitrogen and oxygen atoms in total. The number of thioether (sulfide) groups is 1. The Kier molecular flexibility index (Phi) is 4.42. The third-order valence-electron chi connectivity index (χ3n) is 3.09. The average molecular weight is 354 g/mol. The standard InChI is InChI=1S/C14H13Cl2N5S/c1-3-4-21-9(2)18-19-14(21)22-8-11-7-20-6-10(15)5-12(16)13(20)17-11/h3,5-7H,1,4,8H2,2H3. The predicted octanol–water partition coefficient (Wildman–Crippen LogP) is 4.02. The predicted molar refractivity (Wildman–Crippen MR) is 89.7 cm³/mol. The highest BCUT2D eigenvalue weighted by molar-refractivity contribution is 7.98. The van der Waals surface area contributed by atoms with Crippen molar-refractivity contribution in [3.8, 4) is 0 Å². The molecule has 22 heavy (non-hydrogen) atoms. The smallest absolute Gasteiger partial charge is 0.191 e. The van der Waals surface area contributed by atoms with Crippen molar-refractivity contribution in [2.45, 2.75) is 24.4 Å². The molecule has 3 aromatic rings. The van der Waals surface area contributed by atoms with E-state index in [1.807, 2.05) is 28.2 Å². The molecule has 3 aromatic heterocycles. The van der Waals surface area contributed by atoms with Gasteiger partial charge in [0.1, 0.15) is 5.82 Å². The van der Waals surface area contributed by atoms with Crippen LogP contribution in [0.1, 0.15) is 11.5 Å². The monoisotopic (exact) mass is 353 g/mol. The largest absolute Gasteiger partial charge is 0.304 e. The van der Waals surface area contributed by atoms with E-state index in [1.54, 1.807) is 24.0 Å². The molecule has 0 saturated carbocycles. The summed E-state index contributed by atoms with van der Waals surface area (Å²) in [7, 11) is 0. The zero-order valence-electron chi connectivity index (χ0n) is 11.8. The molecule has 0 amide bonds. The number of pyridine rings is 1. The van der Waals surface area contributed by atoms with E-state index in [2.05, 4.69) is 21.8 Å². The van der Waals surface area contributed by atoms with Crippen LogP contribution in [0.4, 0.5) is 0 Å². The minimum Gasteiger partial charge on any atom is -0.304 e. The van der Waals surface area contributed by atoms with Gasteiger partial charge in [0.2, 0.25) is 0 Å². The van der Waals surface area contributed by atoms with Crippen molar-refractivity contribution in [1.29, 1.82) is 0 Å². The van der Waals surface area contributed by atoms with Gasteiger partial charge in [-0.25, -0.2) is 4.98 Å². The van der Waals surface area contributed by atoms with E-state index < -0.39 is 0 Å². The van der Waals surface area contributed by atoms with E-state index in [1.165, 1.54) is 0 Å². The fourth-order valence-corrected chi connectivity index (χ4v) is 3.50. The Balaban J connectivity index is 1.82. The first-order chi connectivity index (χ1) is 10.6. The Morgan fingerprint density at radius 1 is 1.32 bits per heavy atom. The number of rotatable bonds is 5. The summed E-state index contributed by atoms with van der Waals surface area (Å²) in [6, 6.07) is 1.69. The summed E-state index contributed by atoms with van der Waals surface area (Å²) in [6.45, 7) is 6.37. The van der Waals surface area contributed by atoms with Gasteiger partial charge in [-0.2, -0.15) is 0 Å². The third-order valence-corrected chi connectivity index (χ3v) is 4.57. The molecule has 0 aliphatic carbocycles. The quantitative estimate of drug-likeness (QED) is 0.513. The molecular formula is C14H13Cl2N5S. The Morgan fingerprint density at radius 2 is 2.14 bits per heavy atom. The molecule has 0 bridgehead atoms. The Labute approximate surface area is 142 Å². The normalized spacial score (nSPS) is 11.2. The van der Waals surface area contributed by atoms with Crippen molar-refractivity contribution in [2.75, 3.05) is 0 Å². The van der Waals surface area contributed by atoms with E-state index in [4.69, 9.17) is 23.2 Å². The van der Waals surface area contributed by atoms with Crippen LogP contribution in [0, 0.1) is 6.92 Å². The van der Waals surface area contributed by atoms with Crippen LogP contribution in [0.5, 0.6) is 0 Å². The highest BCUT2D eigenvalue weighted by Gasteiger charge is 2.11. The van der Waals surface area contributed by atoms with Gasteiger partial charge >= 0.3 is 0 Å². The topological polar surface area (TPSA) is 48.0 Å². The number of imidazole rings is 1. The Morgan fingerprint density at radius 3 is 2.91 bits per heavy atom. The molecule has 3 rings (SSSR count). The molecule has 0 aliphatic heterocycles. The molecular weight excluding hydrogens is 341 g/mol.